The standard InChI is InChI=1S/C24H22N4O3/c1-17-14-27-24(30)28(17)21-9-7-20(8-10-21)23(29)26-15-19-11-12-25-22(13-19)31-16-18-5-3-2-4-6-18/h2-14H,15-16H2,1H3,(H,26,29)(H,27,30). The van der Waals surface area contributed by atoms with Crippen LogP contribution in [0.15, 0.2) is 83.9 Å². The molecule has 0 spiro atoms. The number of aromatic amines is 1. The van der Waals surface area contributed by atoms with Crippen molar-refractivity contribution in [2.45, 2.75) is 20.1 Å². The lowest BCUT2D eigenvalue weighted by Crippen LogP contribution is -2.23. The van der Waals surface area contributed by atoms with E-state index in [1.807, 2.05) is 49.4 Å². The van der Waals surface area contributed by atoms with Gasteiger partial charge in [0.05, 0.1) is 5.69 Å². The van der Waals surface area contributed by atoms with Gasteiger partial charge in [-0.15, -0.1) is 0 Å². The number of nitrogens with one attached hydrogen (secondary N) is 2. The number of benzene rings is 2. The average molecular weight is 414 g/mol. The molecule has 0 saturated heterocycles. The lowest BCUT2D eigenvalue weighted by atomic mass is 10.2. The zero-order valence-corrected chi connectivity index (χ0v) is 17.0. The van der Waals surface area contributed by atoms with E-state index in [9.17, 15) is 9.59 Å². The zero-order chi connectivity index (χ0) is 21.6. The molecule has 156 valence electrons. The number of carbonyl (C=O) groups excluding carboxylic acids is 1. The van der Waals surface area contributed by atoms with Gasteiger partial charge >= 0.3 is 5.69 Å². The molecule has 7 nitrogen and oxygen atoms in total. The van der Waals surface area contributed by atoms with Gasteiger partial charge in [-0.3, -0.25) is 9.36 Å². The van der Waals surface area contributed by atoms with E-state index in [0.717, 1.165) is 16.8 Å². The second kappa shape index (κ2) is 9.13. The molecule has 2 aromatic carbocycles. The number of hydrogen-bond donors (Lipinski definition) is 2. The number of imidazole rings is 1. The Morgan fingerprint density at radius 3 is 2.55 bits per heavy atom. The second-order valence-electron chi connectivity index (χ2n) is 7.08. The summed E-state index contributed by atoms with van der Waals surface area (Å²) in [6.45, 7) is 2.62. The Bertz CT molecular complexity index is 1230. The summed E-state index contributed by atoms with van der Waals surface area (Å²) >= 11 is 0. The van der Waals surface area contributed by atoms with Crippen LogP contribution in [0.4, 0.5) is 0 Å². The van der Waals surface area contributed by atoms with E-state index in [-0.39, 0.29) is 11.6 Å². The highest BCUT2D eigenvalue weighted by atomic mass is 16.5. The molecule has 4 aromatic rings. The smallest absolute Gasteiger partial charge is 0.330 e. The van der Waals surface area contributed by atoms with Gasteiger partial charge < -0.3 is 15.0 Å². The van der Waals surface area contributed by atoms with E-state index in [1.54, 1.807) is 41.2 Å². The van der Waals surface area contributed by atoms with Gasteiger partial charge in [-0.05, 0) is 48.4 Å². The summed E-state index contributed by atoms with van der Waals surface area (Å²) in [7, 11) is 0. The van der Waals surface area contributed by atoms with E-state index in [4.69, 9.17) is 4.74 Å². The Labute approximate surface area is 179 Å². The first-order valence-corrected chi connectivity index (χ1v) is 9.87. The molecule has 0 bridgehead atoms. The van der Waals surface area contributed by atoms with Crippen LogP contribution in [-0.2, 0) is 13.2 Å². The first kappa shape index (κ1) is 20.2. The maximum absolute atomic E-state index is 12.5. The summed E-state index contributed by atoms with van der Waals surface area (Å²) in [5, 5.41) is 2.90. The SMILES string of the molecule is Cc1c[nH]c(=O)n1-c1ccc(C(=O)NCc2ccnc(OCc3ccccc3)c2)cc1. The average Bonchev–Trinajstić information content (AvgIpc) is 3.15. The van der Waals surface area contributed by atoms with E-state index in [0.29, 0.717) is 30.3 Å². The van der Waals surface area contributed by atoms with Crippen LogP contribution in [0.3, 0.4) is 0 Å². The van der Waals surface area contributed by atoms with Crippen LogP contribution in [-0.4, -0.2) is 20.4 Å². The maximum Gasteiger partial charge on any atom is 0.330 e. The molecule has 1 amide bonds. The van der Waals surface area contributed by atoms with Crippen LogP contribution in [0.1, 0.15) is 27.2 Å². The molecule has 0 aliphatic carbocycles. The van der Waals surface area contributed by atoms with Crippen molar-refractivity contribution in [1.82, 2.24) is 19.9 Å². The number of hydrogen-bond acceptors (Lipinski definition) is 4. The molecule has 31 heavy (non-hydrogen) atoms. The molecule has 0 saturated carbocycles. The molecule has 0 radical (unpaired) electrons. The number of aryl methyl sites for hydroxylation is 1. The number of nitrogens with zero attached hydrogens (tertiary/aromatic N) is 2. The van der Waals surface area contributed by atoms with Crippen molar-refractivity contribution in [2.75, 3.05) is 0 Å². The van der Waals surface area contributed by atoms with Crippen molar-refractivity contribution >= 4 is 5.91 Å². The van der Waals surface area contributed by atoms with Crippen LogP contribution in [0.2, 0.25) is 0 Å². The minimum Gasteiger partial charge on any atom is -0.473 e. The Morgan fingerprint density at radius 2 is 1.84 bits per heavy atom. The Balaban J connectivity index is 1.36. The lowest BCUT2D eigenvalue weighted by molar-refractivity contribution is 0.0951. The van der Waals surface area contributed by atoms with E-state index < -0.39 is 0 Å². The lowest BCUT2D eigenvalue weighted by Gasteiger charge is -2.09. The molecule has 4 rings (SSSR count). The summed E-state index contributed by atoms with van der Waals surface area (Å²) in [5.74, 6) is 0.306. The highest BCUT2D eigenvalue weighted by Crippen LogP contribution is 2.13. The number of pyridine rings is 1. The molecule has 0 unspecified atom stereocenters. The van der Waals surface area contributed by atoms with Crippen LogP contribution >= 0.6 is 0 Å². The van der Waals surface area contributed by atoms with Crippen LogP contribution in [0.5, 0.6) is 5.88 Å². The van der Waals surface area contributed by atoms with Crippen LogP contribution in [0.25, 0.3) is 5.69 Å². The summed E-state index contributed by atoms with van der Waals surface area (Å²) in [5.41, 5.74) is 3.75. The molecule has 7 heteroatoms. The van der Waals surface area contributed by atoms with Crippen molar-refractivity contribution in [3.63, 3.8) is 0 Å². The molecule has 0 aliphatic rings. The van der Waals surface area contributed by atoms with Crippen molar-refractivity contribution in [3.8, 4) is 11.6 Å². The monoisotopic (exact) mass is 414 g/mol. The van der Waals surface area contributed by atoms with Gasteiger partial charge in [-0.2, -0.15) is 0 Å². The largest absolute Gasteiger partial charge is 0.473 e. The molecular weight excluding hydrogens is 392 g/mol. The predicted octanol–water partition coefficient (Wildman–Crippen LogP) is 3.38. The fourth-order valence-electron chi connectivity index (χ4n) is 3.19. The Morgan fingerprint density at radius 1 is 1.06 bits per heavy atom. The Hall–Kier alpha value is -4.13. The molecule has 0 atom stereocenters. The van der Waals surface area contributed by atoms with Gasteiger partial charge in [-0.1, -0.05) is 30.3 Å². The summed E-state index contributed by atoms with van der Waals surface area (Å²) in [6.07, 6.45) is 3.31. The summed E-state index contributed by atoms with van der Waals surface area (Å²) in [4.78, 5) is 31.3. The van der Waals surface area contributed by atoms with Crippen molar-refractivity contribution in [2.24, 2.45) is 0 Å². The van der Waals surface area contributed by atoms with Crippen molar-refractivity contribution in [3.05, 3.63) is 112 Å². The number of amides is 1. The van der Waals surface area contributed by atoms with Crippen molar-refractivity contribution in [1.29, 1.82) is 0 Å². The van der Waals surface area contributed by atoms with Crippen molar-refractivity contribution < 1.29 is 9.53 Å². The quantitative estimate of drug-likeness (QED) is 0.485. The normalized spacial score (nSPS) is 10.6. The maximum atomic E-state index is 12.5. The van der Waals surface area contributed by atoms with Crippen LogP contribution < -0.4 is 15.7 Å². The van der Waals surface area contributed by atoms with Gasteiger partial charge in [0.25, 0.3) is 5.91 Å². The highest BCUT2D eigenvalue weighted by Gasteiger charge is 2.09. The number of carbonyl (C=O) groups is 1. The third kappa shape index (κ3) is 4.90. The van der Waals surface area contributed by atoms with E-state index in [2.05, 4.69) is 15.3 Å². The van der Waals surface area contributed by atoms with E-state index in [1.165, 1.54) is 0 Å². The van der Waals surface area contributed by atoms with E-state index >= 15 is 0 Å². The summed E-state index contributed by atoms with van der Waals surface area (Å²) in [6, 6.07) is 20.4. The molecule has 2 N–H and O–H groups in total. The van der Waals surface area contributed by atoms with Gasteiger partial charge in [0, 0.05) is 36.3 Å². The van der Waals surface area contributed by atoms with Gasteiger partial charge in [0.15, 0.2) is 0 Å². The zero-order valence-electron chi connectivity index (χ0n) is 17.0. The number of rotatable bonds is 7. The number of aromatic nitrogens is 3. The number of H-pyrrole nitrogens is 1. The molecule has 2 aromatic heterocycles. The molecular formula is C24H22N4O3. The van der Waals surface area contributed by atoms with Crippen LogP contribution in [0, 0.1) is 6.92 Å². The van der Waals surface area contributed by atoms with Gasteiger partial charge in [-0.25, -0.2) is 9.78 Å². The minimum atomic E-state index is -0.210. The molecule has 2 heterocycles. The summed E-state index contributed by atoms with van der Waals surface area (Å²) < 4.78 is 7.29. The minimum absolute atomic E-state index is 0.201. The second-order valence-corrected chi connectivity index (χ2v) is 7.08. The van der Waals surface area contributed by atoms with Gasteiger partial charge in [0.1, 0.15) is 6.61 Å². The fraction of sp³-hybridized carbons (Fsp3) is 0.125. The molecule has 0 fully saturated rings. The number of ether oxygens (including phenoxy) is 1. The first-order valence-electron chi connectivity index (χ1n) is 9.87. The third-order valence-corrected chi connectivity index (χ3v) is 4.83. The third-order valence-electron chi connectivity index (χ3n) is 4.83. The fourth-order valence-corrected chi connectivity index (χ4v) is 3.19. The first-order chi connectivity index (χ1) is 15.1. The Kier molecular flexibility index (Phi) is 5.93. The topological polar surface area (TPSA) is 89.0 Å². The molecule has 0 aliphatic heterocycles. The van der Waals surface area contributed by atoms with Gasteiger partial charge in [0.2, 0.25) is 5.88 Å². The predicted molar refractivity (Wildman–Crippen MR) is 117 cm³/mol. The highest BCUT2D eigenvalue weighted by molar-refractivity contribution is 5.94.